The first-order chi connectivity index (χ1) is 9.63. The minimum absolute atomic E-state index is 0.420. The summed E-state index contributed by atoms with van der Waals surface area (Å²) in [6, 6.07) is 4.30. The molecule has 0 radical (unpaired) electrons. The van der Waals surface area contributed by atoms with Gasteiger partial charge in [0, 0.05) is 24.9 Å². The Hall–Kier alpha value is -2.11. The lowest BCUT2D eigenvalue weighted by Crippen LogP contribution is -2.46. The highest BCUT2D eigenvalue weighted by Crippen LogP contribution is 2.00. The molecule has 0 aliphatic carbocycles. The van der Waals surface area contributed by atoms with E-state index in [1.54, 1.807) is 6.20 Å². The number of urea groups is 1. The zero-order chi connectivity index (χ0) is 14.8. The third kappa shape index (κ3) is 6.17. The molecule has 110 valence electrons. The summed E-state index contributed by atoms with van der Waals surface area (Å²) >= 11 is 0. The van der Waals surface area contributed by atoms with Crippen LogP contribution in [0.2, 0.25) is 0 Å². The minimum atomic E-state index is -1.00. The van der Waals surface area contributed by atoms with Crippen LogP contribution in [0, 0.1) is 0 Å². The van der Waals surface area contributed by atoms with Crippen LogP contribution < -0.4 is 10.6 Å². The molecule has 6 heteroatoms. The van der Waals surface area contributed by atoms with E-state index in [0.717, 1.165) is 18.5 Å². The summed E-state index contributed by atoms with van der Waals surface area (Å²) in [6.45, 7) is 2.40. The van der Waals surface area contributed by atoms with Crippen LogP contribution in [0.25, 0.3) is 0 Å². The van der Waals surface area contributed by atoms with Gasteiger partial charge in [-0.3, -0.25) is 4.98 Å². The maximum Gasteiger partial charge on any atom is 0.326 e. The van der Waals surface area contributed by atoms with Gasteiger partial charge >= 0.3 is 12.0 Å². The van der Waals surface area contributed by atoms with Crippen molar-refractivity contribution in [3.63, 3.8) is 0 Å². The van der Waals surface area contributed by atoms with Gasteiger partial charge < -0.3 is 15.7 Å². The third-order valence-corrected chi connectivity index (χ3v) is 2.84. The maximum atomic E-state index is 11.6. The fourth-order valence-electron chi connectivity index (χ4n) is 1.73. The molecule has 2 amide bonds. The lowest BCUT2D eigenvalue weighted by molar-refractivity contribution is -0.139. The second kappa shape index (κ2) is 8.90. The molecule has 1 aromatic rings. The van der Waals surface area contributed by atoms with E-state index in [1.165, 1.54) is 0 Å². The molecular formula is C14H21N3O3. The minimum Gasteiger partial charge on any atom is -0.480 e. The molecule has 20 heavy (non-hydrogen) atoms. The molecule has 1 rings (SSSR count). The normalized spacial score (nSPS) is 11.7. The molecule has 0 spiro atoms. The van der Waals surface area contributed by atoms with Crippen LogP contribution in [0.4, 0.5) is 4.79 Å². The molecule has 0 bridgehead atoms. The van der Waals surface area contributed by atoms with E-state index in [0.29, 0.717) is 19.4 Å². The lowest BCUT2D eigenvalue weighted by Gasteiger charge is -2.14. The smallest absolute Gasteiger partial charge is 0.326 e. The van der Waals surface area contributed by atoms with Crippen molar-refractivity contribution in [1.82, 2.24) is 15.6 Å². The number of carboxylic acids is 1. The number of carbonyl (C=O) groups is 2. The zero-order valence-corrected chi connectivity index (χ0v) is 11.6. The summed E-state index contributed by atoms with van der Waals surface area (Å²) < 4.78 is 0. The highest BCUT2D eigenvalue weighted by molar-refractivity contribution is 5.82. The van der Waals surface area contributed by atoms with Crippen LogP contribution in [-0.2, 0) is 11.2 Å². The fourth-order valence-corrected chi connectivity index (χ4v) is 1.73. The number of pyridine rings is 1. The molecule has 1 unspecified atom stereocenters. The number of aromatic nitrogens is 1. The molecule has 0 saturated carbocycles. The van der Waals surface area contributed by atoms with Crippen LogP contribution in [0.3, 0.4) is 0 Å². The number of rotatable bonds is 8. The molecular weight excluding hydrogens is 258 g/mol. The van der Waals surface area contributed by atoms with Crippen LogP contribution in [-0.4, -0.2) is 34.7 Å². The number of carboxylic acid groups (broad SMARTS) is 1. The third-order valence-electron chi connectivity index (χ3n) is 2.84. The van der Waals surface area contributed by atoms with Gasteiger partial charge in [0.1, 0.15) is 6.04 Å². The first kappa shape index (κ1) is 15.9. The molecule has 6 nitrogen and oxygen atoms in total. The number of amides is 2. The summed E-state index contributed by atoms with van der Waals surface area (Å²) in [6.07, 6.45) is 4.42. The van der Waals surface area contributed by atoms with E-state index >= 15 is 0 Å². The van der Waals surface area contributed by atoms with Crippen molar-refractivity contribution in [2.24, 2.45) is 0 Å². The van der Waals surface area contributed by atoms with Gasteiger partial charge in [0.05, 0.1) is 0 Å². The summed E-state index contributed by atoms with van der Waals surface area (Å²) in [5.41, 5.74) is 0.883. The van der Waals surface area contributed by atoms with Crippen LogP contribution in [0.15, 0.2) is 24.4 Å². The number of hydrogen-bond donors (Lipinski definition) is 3. The Labute approximate surface area is 118 Å². The van der Waals surface area contributed by atoms with Crippen molar-refractivity contribution in [1.29, 1.82) is 0 Å². The van der Waals surface area contributed by atoms with E-state index in [2.05, 4.69) is 15.6 Å². The zero-order valence-electron chi connectivity index (χ0n) is 11.6. The van der Waals surface area contributed by atoms with E-state index < -0.39 is 18.0 Å². The number of hydrogen-bond acceptors (Lipinski definition) is 3. The van der Waals surface area contributed by atoms with Gasteiger partial charge in [0.15, 0.2) is 0 Å². The second-order valence-corrected chi connectivity index (χ2v) is 4.50. The Morgan fingerprint density at radius 3 is 2.80 bits per heavy atom. The predicted molar refractivity (Wildman–Crippen MR) is 75.4 cm³/mol. The Morgan fingerprint density at radius 2 is 2.20 bits per heavy atom. The van der Waals surface area contributed by atoms with Crippen molar-refractivity contribution >= 4 is 12.0 Å². The molecule has 1 heterocycles. The quantitative estimate of drug-likeness (QED) is 0.673. The molecule has 0 saturated heterocycles. The highest BCUT2D eigenvalue weighted by Gasteiger charge is 2.18. The van der Waals surface area contributed by atoms with E-state index in [-0.39, 0.29) is 0 Å². The van der Waals surface area contributed by atoms with Crippen LogP contribution >= 0.6 is 0 Å². The SMILES string of the molecule is CCCCC(NC(=O)NCCc1ccccn1)C(=O)O. The number of carbonyl (C=O) groups excluding carboxylic acids is 1. The topological polar surface area (TPSA) is 91.3 Å². The fraction of sp³-hybridized carbons (Fsp3) is 0.500. The first-order valence-electron chi connectivity index (χ1n) is 6.80. The van der Waals surface area contributed by atoms with Gasteiger partial charge in [-0.25, -0.2) is 9.59 Å². The summed E-state index contributed by atoms with van der Waals surface area (Å²) in [5.74, 6) is -1.00. The monoisotopic (exact) mass is 279 g/mol. The highest BCUT2D eigenvalue weighted by atomic mass is 16.4. The summed E-state index contributed by atoms with van der Waals surface area (Å²) in [5, 5.41) is 14.1. The molecule has 3 N–H and O–H groups in total. The van der Waals surface area contributed by atoms with Gasteiger partial charge in [0.2, 0.25) is 0 Å². The molecule has 1 aromatic heterocycles. The Kier molecular flexibility index (Phi) is 7.10. The van der Waals surface area contributed by atoms with Crippen molar-refractivity contribution in [3.8, 4) is 0 Å². The first-order valence-corrected chi connectivity index (χ1v) is 6.80. The van der Waals surface area contributed by atoms with Crippen molar-refractivity contribution in [2.75, 3.05) is 6.54 Å². The van der Waals surface area contributed by atoms with Crippen LogP contribution in [0.1, 0.15) is 31.9 Å². The van der Waals surface area contributed by atoms with Gasteiger partial charge in [-0.2, -0.15) is 0 Å². The Balaban J connectivity index is 2.29. The average Bonchev–Trinajstić information content (AvgIpc) is 2.44. The van der Waals surface area contributed by atoms with Gasteiger partial charge in [-0.15, -0.1) is 0 Å². The van der Waals surface area contributed by atoms with E-state index in [9.17, 15) is 9.59 Å². The Bertz CT molecular complexity index is 423. The summed E-state index contributed by atoms with van der Waals surface area (Å²) in [4.78, 5) is 26.7. The average molecular weight is 279 g/mol. The standard InChI is InChI=1S/C14H21N3O3/c1-2-3-7-12(13(18)19)17-14(20)16-10-8-11-6-4-5-9-15-11/h4-6,9,12H,2-3,7-8,10H2,1H3,(H,18,19)(H2,16,17,20). The number of unbranched alkanes of at least 4 members (excludes halogenated alkanes) is 1. The van der Waals surface area contributed by atoms with Crippen molar-refractivity contribution in [3.05, 3.63) is 30.1 Å². The largest absolute Gasteiger partial charge is 0.480 e. The van der Waals surface area contributed by atoms with Gasteiger partial charge in [-0.05, 0) is 18.6 Å². The Morgan fingerprint density at radius 1 is 1.40 bits per heavy atom. The number of aliphatic carboxylic acids is 1. The molecule has 0 aromatic carbocycles. The molecule has 0 fully saturated rings. The van der Waals surface area contributed by atoms with Crippen molar-refractivity contribution < 1.29 is 14.7 Å². The predicted octanol–water partition coefficient (Wildman–Crippen LogP) is 1.57. The van der Waals surface area contributed by atoms with Gasteiger partial charge in [0.25, 0.3) is 0 Å². The second-order valence-electron chi connectivity index (χ2n) is 4.50. The molecule has 1 atom stereocenters. The maximum absolute atomic E-state index is 11.6. The van der Waals surface area contributed by atoms with Crippen LogP contribution in [0.5, 0.6) is 0 Å². The van der Waals surface area contributed by atoms with Crippen molar-refractivity contribution in [2.45, 2.75) is 38.6 Å². The lowest BCUT2D eigenvalue weighted by atomic mass is 10.1. The van der Waals surface area contributed by atoms with E-state index in [1.807, 2.05) is 25.1 Å². The van der Waals surface area contributed by atoms with Gasteiger partial charge in [-0.1, -0.05) is 25.8 Å². The van der Waals surface area contributed by atoms with E-state index in [4.69, 9.17) is 5.11 Å². The number of nitrogens with one attached hydrogen (secondary N) is 2. The summed E-state index contributed by atoms with van der Waals surface area (Å²) in [7, 11) is 0. The molecule has 0 aliphatic heterocycles. The molecule has 0 aliphatic rings. The number of nitrogens with zero attached hydrogens (tertiary/aromatic N) is 1.